The van der Waals surface area contributed by atoms with Crippen LogP contribution >= 0.6 is 11.6 Å². The van der Waals surface area contributed by atoms with E-state index in [0.717, 1.165) is 0 Å². The van der Waals surface area contributed by atoms with Crippen molar-refractivity contribution in [3.05, 3.63) is 34.9 Å². The number of benzene rings is 1. The van der Waals surface area contributed by atoms with E-state index in [9.17, 15) is 4.39 Å². The first-order valence-corrected chi connectivity index (χ1v) is 5.89. The Morgan fingerprint density at radius 2 is 2.26 bits per heavy atom. The molecule has 0 aliphatic rings. The highest BCUT2D eigenvalue weighted by atomic mass is 35.5. The zero-order valence-electron chi connectivity index (χ0n) is 10.5. The number of nitrogens with two attached hydrogens (primary N) is 1. The molecule has 102 valence electrons. The highest BCUT2D eigenvalue weighted by Crippen LogP contribution is 2.26. The maximum atomic E-state index is 13.7. The first kappa shape index (κ1) is 13.9. The predicted molar refractivity (Wildman–Crippen MR) is 68.1 cm³/mol. The number of hydrogen-bond acceptors (Lipinski definition) is 5. The standard InChI is InChI=1S/C12H13ClFN3O2/c1-12(15,6-18-2)11-16-10(19-17-11)8-5-7(13)3-4-9(8)14/h3-5H,6,15H2,1-2H3. The lowest BCUT2D eigenvalue weighted by Gasteiger charge is -2.18. The summed E-state index contributed by atoms with van der Waals surface area (Å²) in [6.07, 6.45) is 0. The van der Waals surface area contributed by atoms with Gasteiger partial charge in [-0.15, -0.1) is 0 Å². The Labute approximate surface area is 114 Å². The van der Waals surface area contributed by atoms with Gasteiger partial charge in [0.1, 0.15) is 11.4 Å². The van der Waals surface area contributed by atoms with Crippen LogP contribution < -0.4 is 5.73 Å². The number of methoxy groups -OCH3 is 1. The van der Waals surface area contributed by atoms with Crippen LogP contribution in [0.3, 0.4) is 0 Å². The lowest BCUT2D eigenvalue weighted by atomic mass is 10.1. The van der Waals surface area contributed by atoms with Gasteiger partial charge in [0.05, 0.1) is 12.2 Å². The lowest BCUT2D eigenvalue weighted by molar-refractivity contribution is 0.135. The zero-order chi connectivity index (χ0) is 14.0. The number of nitrogens with zero attached hydrogens (tertiary/aromatic N) is 2. The molecule has 2 rings (SSSR count). The normalized spacial score (nSPS) is 14.4. The van der Waals surface area contributed by atoms with E-state index < -0.39 is 11.4 Å². The average molecular weight is 286 g/mol. The van der Waals surface area contributed by atoms with Crippen molar-refractivity contribution in [1.82, 2.24) is 10.1 Å². The van der Waals surface area contributed by atoms with Crippen molar-refractivity contribution in [1.29, 1.82) is 0 Å². The van der Waals surface area contributed by atoms with Crippen molar-refractivity contribution < 1.29 is 13.7 Å². The Kier molecular flexibility index (Phi) is 3.84. The van der Waals surface area contributed by atoms with Crippen molar-refractivity contribution >= 4 is 11.6 Å². The Balaban J connectivity index is 2.38. The second kappa shape index (κ2) is 5.24. The molecule has 5 nitrogen and oxygen atoms in total. The summed E-state index contributed by atoms with van der Waals surface area (Å²) < 4.78 is 23.7. The van der Waals surface area contributed by atoms with E-state index in [4.69, 9.17) is 26.6 Å². The lowest BCUT2D eigenvalue weighted by Crippen LogP contribution is -2.38. The summed E-state index contributed by atoms with van der Waals surface area (Å²) in [7, 11) is 1.52. The van der Waals surface area contributed by atoms with Gasteiger partial charge in [-0.2, -0.15) is 4.98 Å². The second-order valence-electron chi connectivity index (χ2n) is 4.40. The number of ether oxygens (including phenoxy) is 1. The van der Waals surface area contributed by atoms with Gasteiger partial charge >= 0.3 is 0 Å². The zero-order valence-corrected chi connectivity index (χ0v) is 11.2. The summed E-state index contributed by atoms with van der Waals surface area (Å²) in [6.45, 7) is 1.91. The molecular weight excluding hydrogens is 273 g/mol. The van der Waals surface area contributed by atoms with Crippen LogP contribution in [0, 0.1) is 5.82 Å². The predicted octanol–water partition coefficient (Wildman–Crippen LogP) is 2.35. The molecule has 0 saturated heterocycles. The molecule has 1 atom stereocenters. The van der Waals surface area contributed by atoms with E-state index in [-0.39, 0.29) is 23.9 Å². The highest BCUT2D eigenvalue weighted by molar-refractivity contribution is 6.30. The third kappa shape index (κ3) is 2.91. The van der Waals surface area contributed by atoms with Gasteiger partial charge in [-0.25, -0.2) is 4.39 Å². The van der Waals surface area contributed by atoms with Crippen LogP contribution in [0.2, 0.25) is 5.02 Å². The van der Waals surface area contributed by atoms with Crippen molar-refractivity contribution in [2.24, 2.45) is 5.73 Å². The third-order valence-corrected chi connectivity index (χ3v) is 2.77. The Bertz CT molecular complexity index is 586. The summed E-state index contributed by atoms with van der Waals surface area (Å²) in [5.74, 6) is -0.225. The molecule has 2 N–H and O–H groups in total. The van der Waals surface area contributed by atoms with Gasteiger partial charge in [0, 0.05) is 12.1 Å². The first-order chi connectivity index (χ1) is 8.94. The SMILES string of the molecule is COCC(C)(N)c1noc(-c2cc(Cl)ccc2F)n1. The van der Waals surface area contributed by atoms with Gasteiger partial charge in [0.15, 0.2) is 5.82 Å². The summed E-state index contributed by atoms with van der Waals surface area (Å²) in [6, 6.07) is 4.09. The van der Waals surface area contributed by atoms with Crippen LogP contribution in [0.15, 0.2) is 22.7 Å². The number of rotatable bonds is 4. The van der Waals surface area contributed by atoms with E-state index in [1.165, 1.54) is 25.3 Å². The van der Waals surface area contributed by atoms with Gasteiger partial charge < -0.3 is 15.0 Å². The molecule has 7 heteroatoms. The second-order valence-corrected chi connectivity index (χ2v) is 4.83. The van der Waals surface area contributed by atoms with E-state index in [1.807, 2.05) is 0 Å². The van der Waals surface area contributed by atoms with Crippen LogP contribution in [-0.4, -0.2) is 23.9 Å². The molecule has 0 aliphatic carbocycles. The number of halogens is 2. The van der Waals surface area contributed by atoms with Crippen molar-refractivity contribution in [3.8, 4) is 11.5 Å². The van der Waals surface area contributed by atoms with Crippen LogP contribution in [0.5, 0.6) is 0 Å². The fraction of sp³-hybridized carbons (Fsp3) is 0.333. The third-order valence-electron chi connectivity index (χ3n) is 2.54. The van der Waals surface area contributed by atoms with E-state index in [2.05, 4.69) is 10.1 Å². The quantitative estimate of drug-likeness (QED) is 0.933. The van der Waals surface area contributed by atoms with E-state index in [0.29, 0.717) is 5.02 Å². The van der Waals surface area contributed by atoms with E-state index >= 15 is 0 Å². The molecule has 0 fully saturated rings. The maximum Gasteiger partial charge on any atom is 0.261 e. The minimum atomic E-state index is -0.911. The van der Waals surface area contributed by atoms with Gasteiger partial charge in [-0.05, 0) is 25.1 Å². The van der Waals surface area contributed by atoms with Crippen molar-refractivity contribution in [2.45, 2.75) is 12.5 Å². The molecule has 0 radical (unpaired) electrons. The Morgan fingerprint density at radius 1 is 1.53 bits per heavy atom. The Hall–Kier alpha value is -1.50. The van der Waals surface area contributed by atoms with Crippen LogP contribution in [0.1, 0.15) is 12.7 Å². The molecule has 1 aromatic carbocycles. The molecule has 0 bridgehead atoms. The molecule has 1 aromatic heterocycles. The van der Waals surface area contributed by atoms with Gasteiger partial charge in [-0.3, -0.25) is 0 Å². The highest BCUT2D eigenvalue weighted by Gasteiger charge is 2.28. The van der Waals surface area contributed by atoms with Crippen LogP contribution in [-0.2, 0) is 10.3 Å². The fourth-order valence-electron chi connectivity index (χ4n) is 1.59. The van der Waals surface area contributed by atoms with Gasteiger partial charge in [-0.1, -0.05) is 16.8 Å². The molecule has 1 heterocycles. The monoisotopic (exact) mass is 285 g/mol. The molecule has 0 spiro atoms. The summed E-state index contributed by atoms with van der Waals surface area (Å²) >= 11 is 5.81. The summed E-state index contributed by atoms with van der Waals surface area (Å²) in [5.41, 5.74) is 5.21. The molecule has 0 aliphatic heterocycles. The summed E-state index contributed by atoms with van der Waals surface area (Å²) in [4.78, 5) is 4.09. The Morgan fingerprint density at radius 3 is 2.95 bits per heavy atom. The van der Waals surface area contributed by atoms with Crippen LogP contribution in [0.4, 0.5) is 4.39 Å². The van der Waals surface area contributed by atoms with Crippen LogP contribution in [0.25, 0.3) is 11.5 Å². The molecular formula is C12H13ClFN3O2. The maximum absolute atomic E-state index is 13.7. The van der Waals surface area contributed by atoms with Crippen molar-refractivity contribution in [2.75, 3.05) is 13.7 Å². The van der Waals surface area contributed by atoms with Crippen molar-refractivity contribution in [3.63, 3.8) is 0 Å². The smallest absolute Gasteiger partial charge is 0.261 e. The minimum absolute atomic E-state index is 0.0304. The largest absolute Gasteiger partial charge is 0.382 e. The number of aromatic nitrogens is 2. The molecule has 2 aromatic rings. The number of hydrogen-bond donors (Lipinski definition) is 1. The topological polar surface area (TPSA) is 74.2 Å². The summed E-state index contributed by atoms with van der Waals surface area (Å²) in [5, 5.41) is 4.13. The first-order valence-electron chi connectivity index (χ1n) is 5.51. The molecule has 1 unspecified atom stereocenters. The van der Waals surface area contributed by atoms with E-state index in [1.54, 1.807) is 6.92 Å². The average Bonchev–Trinajstić information content (AvgIpc) is 2.82. The molecule has 0 saturated carbocycles. The molecule has 0 amide bonds. The fourth-order valence-corrected chi connectivity index (χ4v) is 1.76. The minimum Gasteiger partial charge on any atom is -0.382 e. The van der Waals surface area contributed by atoms with Gasteiger partial charge in [0.25, 0.3) is 5.89 Å². The van der Waals surface area contributed by atoms with Gasteiger partial charge in [0.2, 0.25) is 0 Å². The molecule has 19 heavy (non-hydrogen) atoms.